The third-order valence-corrected chi connectivity index (χ3v) is 5.10. The van der Waals surface area contributed by atoms with Crippen molar-refractivity contribution >= 4 is 11.6 Å². The van der Waals surface area contributed by atoms with Crippen LogP contribution in [0.5, 0.6) is 0 Å². The minimum atomic E-state index is -0.0234. The third-order valence-electron chi connectivity index (χ3n) is 5.10. The van der Waals surface area contributed by atoms with Gasteiger partial charge in [0.05, 0.1) is 17.3 Å². The van der Waals surface area contributed by atoms with Gasteiger partial charge < -0.3 is 10.6 Å². The van der Waals surface area contributed by atoms with Gasteiger partial charge >= 0.3 is 0 Å². The number of hydrogen-bond donors (Lipinski definition) is 2. The monoisotopic (exact) mass is 333 g/mol. The van der Waals surface area contributed by atoms with Gasteiger partial charge in [-0.2, -0.15) is 0 Å². The first-order valence-electron chi connectivity index (χ1n) is 8.92. The minimum absolute atomic E-state index is 0.0234. The van der Waals surface area contributed by atoms with E-state index in [1.54, 1.807) is 6.20 Å². The van der Waals surface area contributed by atoms with E-state index in [0.29, 0.717) is 11.8 Å². The molecule has 1 aliphatic heterocycles. The molecule has 0 spiro atoms. The second-order valence-electron chi connectivity index (χ2n) is 7.16. The molecular weight excluding hydrogens is 310 g/mol. The van der Waals surface area contributed by atoms with Gasteiger partial charge in [0, 0.05) is 24.4 Å². The molecule has 25 heavy (non-hydrogen) atoms. The molecule has 0 saturated heterocycles. The molecule has 0 radical (unpaired) electrons. The summed E-state index contributed by atoms with van der Waals surface area (Å²) in [6.45, 7) is 3.96. The standard InChI is InChI=1S/C21H23N3O/c1-13(2)23-21(25)18-10-4-9-17-15-7-3-8-16(15)19(24-20(17)18)14-6-5-11-22-12-14/h3-7,9-13,15-16,19,24H,8H2,1-2H3,(H,23,25). The topological polar surface area (TPSA) is 54.0 Å². The van der Waals surface area contributed by atoms with Crippen LogP contribution in [0, 0.1) is 5.92 Å². The predicted molar refractivity (Wildman–Crippen MR) is 99.6 cm³/mol. The van der Waals surface area contributed by atoms with Gasteiger partial charge in [-0.15, -0.1) is 0 Å². The van der Waals surface area contributed by atoms with Crippen molar-refractivity contribution in [2.75, 3.05) is 5.32 Å². The number of benzene rings is 1. The fraction of sp³-hybridized carbons (Fsp3) is 0.333. The molecule has 4 heteroatoms. The molecule has 128 valence electrons. The van der Waals surface area contributed by atoms with Gasteiger partial charge in [-0.05, 0) is 49.4 Å². The average Bonchev–Trinajstić information content (AvgIpc) is 3.10. The fourth-order valence-electron chi connectivity index (χ4n) is 4.04. The van der Waals surface area contributed by atoms with Crippen LogP contribution in [-0.4, -0.2) is 16.9 Å². The van der Waals surface area contributed by atoms with E-state index in [1.165, 1.54) is 11.1 Å². The Morgan fingerprint density at radius 2 is 2.16 bits per heavy atom. The number of nitrogens with zero attached hydrogens (tertiary/aromatic N) is 1. The number of para-hydroxylation sites is 1. The van der Waals surface area contributed by atoms with Gasteiger partial charge in [0.25, 0.3) is 5.91 Å². The summed E-state index contributed by atoms with van der Waals surface area (Å²) >= 11 is 0. The molecule has 0 bridgehead atoms. The van der Waals surface area contributed by atoms with Gasteiger partial charge in [-0.25, -0.2) is 0 Å². The number of amides is 1. The molecule has 1 amide bonds. The Hall–Kier alpha value is -2.62. The molecule has 2 heterocycles. The Labute approximate surface area is 148 Å². The van der Waals surface area contributed by atoms with Crippen molar-refractivity contribution in [3.8, 4) is 0 Å². The van der Waals surface area contributed by atoms with E-state index in [4.69, 9.17) is 0 Å². The Bertz CT molecular complexity index is 813. The summed E-state index contributed by atoms with van der Waals surface area (Å²) in [6.07, 6.45) is 9.31. The van der Waals surface area contributed by atoms with Crippen LogP contribution in [0.25, 0.3) is 0 Å². The van der Waals surface area contributed by atoms with Gasteiger partial charge in [0.15, 0.2) is 0 Å². The minimum Gasteiger partial charge on any atom is -0.377 e. The highest BCUT2D eigenvalue weighted by Gasteiger charge is 2.39. The number of carbonyl (C=O) groups excluding carboxylic acids is 1. The number of rotatable bonds is 3. The lowest BCUT2D eigenvalue weighted by Gasteiger charge is -2.38. The van der Waals surface area contributed by atoms with Crippen molar-refractivity contribution < 1.29 is 4.79 Å². The molecule has 0 saturated carbocycles. The van der Waals surface area contributed by atoms with E-state index in [9.17, 15) is 4.79 Å². The Morgan fingerprint density at radius 3 is 2.92 bits per heavy atom. The summed E-state index contributed by atoms with van der Waals surface area (Å²) in [5, 5.41) is 6.68. The summed E-state index contributed by atoms with van der Waals surface area (Å²) in [6, 6.07) is 10.4. The van der Waals surface area contributed by atoms with E-state index >= 15 is 0 Å². The van der Waals surface area contributed by atoms with Crippen LogP contribution in [-0.2, 0) is 0 Å². The Kier molecular flexibility index (Phi) is 4.04. The maximum Gasteiger partial charge on any atom is 0.253 e. The lowest BCUT2D eigenvalue weighted by molar-refractivity contribution is 0.0943. The largest absolute Gasteiger partial charge is 0.377 e. The van der Waals surface area contributed by atoms with Crippen LogP contribution in [0.3, 0.4) is 0 Å². The van der Waals surface area contributed by atoms with E-state index in [0.717, 1.165) is 17.7 Å². The van der Waals surface area contributed by atoms with Crippen molar-refractivity contribution in [3.05, 3.63) is 71.6 Å². The highest BCUT2D eigenvalue weighted by molar-refractivity contribution is 6.01. The maximum absolute atomic E-state index is 12.7. The number of carbonyl (C=O) groups is 1. The summed E-state index contributed by atoms with van der Waals surface area (Å²) in [5.41, 5.74) is 4.07. The zero-order valence-corrected chi connectivity index (χ0v) is 14.6. The van der Waals surface area contributed by atoms with Gasteiger partial charge in [-0.3, -0.25) is 9.78 Å². The third kappa shape index (κ3) is 2.82. The molecule has 0 fully saturated rings. The van der Waals surface area contributed by atoms with Crippen molar-refractivity contribution in [2.45, 2.75) is 38.3 Å². The molecule has 3 unspecified atom stereocenters. The van der Waals surface area contributed by atoms with Crippen molar-refractivity contribution in [1.29, 1.82) is 0 Å². The summed E-state index contributed by atoms with van der Waals surface area (Å²) in [4.78, 5) is 17.0. The first kappa shape index (κ1) is 15.9. The molecule has 1 aromatic heterocycles. The molecule has 3 atom stereocenters. The average molecular weight is 333 g/mol. The number of aromatic nitrogens is 1. The zero-order valence-electron chi connectivity index (χ0n) is 14.6. The predicted octanol–water partition coefficient (Wildman–Crippen LogP) is 4.05. The lowest BCUT2D eigenvalue weighted by Crippen LogP contribution is -2.34. The summed E-state index contributed by atoms with van der Waals surface area (Å²) < 4.78 is 0. The number of nitrogens with one attached hydrogen (secondary N) is 2. The van der Waals surface area contributed by atoms with Crippen LogP contribution in [0.1, 0.15) is 53.7 Å². The van der Waals surface area contributed by atoms with Crippen LogP contribution in [0.2, 0.25) is 0 Å². The van der Waals surface area contributed by atoms with Crippen LogP contribution in [0.15, 0.2) is 54.9 Å². The van der Waals surface area contributed by atoms with Crippen LogP contribution < -0.4 is 10.6 Å². The van der Waals surface area contributed by atoms with Gasteiger partial charge in [-0.1, -0.05) is 30.4 Å². The highest BCUT2D eigenvalue weighted by atomic mass is 16.1. The normalized spacial score (nSPS) is 23.7. The van der Waals surface area contributed by atoms with E-state index in [-0.39, 0.29) is 18.0 Å². The summed E-state index contributed by atoms with van der Waals surface area (Å²) in [5.74, 6) is 0.776. The Morgan fingerprint density at radius 1 is 1.28 bits per heavy atom. The van der Waals surface area contributed by atoms with Crippen molar-refractivity contribution in [2.24, 2.45) is 5.92 Å². The first-order chi connectivity index (χ1) is 12.1. The zero-order chi connectivity index (χ0) is 17.4. The number of hydrogen-bond acceptors (Lipinski definition) is 3. The molecule has 2 aliphatic rings. The molecule has 1 aliphatic carbocycles. The van der Waals surface area contributed by atoms with Gasteiger partial charge in [0.2, 0.25) is 0 Å². The molecule has 2 N–H and O–H groups in total. The number of anilines is 1. The molecule has 4 nitrogen and oxygen atoms in total. The maximum atomic E-state index is 12.7. The van der Waals surface area contributed by atoms with Crippen LogP contribution >= 0.6 is 0 Å². The second kappa shape index (κ2) is 6.36. The van der Waals surface area contributed by atoms with Crippen molar-refractivity contribution in [1.82, 2.24) is 10.3 Å². The molecule has 2 aromatic rings. The second-order valence-corrected chi connectivity index (χ2v) is 7.16. The van der Waals surface area contributed by atoms with E-state index in [1.807, 2.05) is 38.2 Å². The fourth-order valence-corrected chi connectivity index (χ4v) is 4.04. The first-order valence-corrected chi connectivity index (χ1v) is 8.92. The van der Waals surface area contributed by atoms with E-state index in [2.05, 4.69) is 39.9 Å². The molecular formula is C21H23N3O. The molecule has 1 aromatic carbocycles. The number of fused-ring (bicyclic) bond motifs is 3. The quantitative estimate of drug-likeness (QED) is 0.833. The Balaban J connectivity index is 1.78. The smallest absolute Gasteiger partial charge is 0.253 e. The number of allylic oxidation sites excluding steroid dienone is 2. The van der Waals surface area contributed by atoms with Crippen LogP contribution in [0.4, 0.5) is 5.69 Å². The number of pyridine rings is 1. The van der Waals surface area contributed by atoms with E-state index < -0.39 is 0 Å². The summed E-state index contributed by atoms with van der Waals surface area (Å²) in [7, 11) is 0. The molecule has 4 rings (SSSR count). The lowest BCUT2D eigenvalue weighted by atomic mass is 9.76. The van der Waals surface area contributed by atoms with Gasteiger partial charge in [0.1, 0.15) is 0 Å². The van der Waals surface area contributed by atoms with Crippen molar-refractivity contribution in [3.63, 3.8) is 0 Å². The SMILES string of the molecule is CC(C)NC(=O)c1cccc2c1NC(c1cccnc1)C1CC=CC21. The highest BCUT2D eigenvalue weighted by Crippen LogP contribution is 2.50.